The molecule has 2 aromatic rings. The van der Waals surface area contributed by atoms with E-state index in [2.05, 4.69) is 5.32 Å². The molecule has 0 saturated carbocycles. The maximum atomic E-state index is 12.3. The summed E-state index contributed by atoms with van der Waals surface area (Å²) < 4.78 is 36.8. The molecule has 0 bridgehead atoms. The third-order valence-corrected chi connectivity index (χ3v) is 3.64. The third-order valence-electron chi connectivity index (χ3n) is 3.40. The SMILES string of the molecule is C[C@H](NCc1cccc(NC(=O)C(F)(F)F)c1)c1cccc(Cl)c1. The van der Waals surface area contributed by atoms with Crippen molar-refractivity contribution in [3.63, 3.8) is 0 Å². The summed E-state index contributed by atoms with van der Waals surface area (Å²) in [4.78, 5) is 11.0. The lowest BCUT2D eigenvalue weighted by molar-refractivity contribution is -0.167. The summed E-state index contributed by atoms with van der Waals surface area (Å²) >= 11 is 5.95. The Morgan fingerprint density at radius 3 is 2.54 bits per heavy atom. The zero-order valence-corrected chi connectivity index (χ0v) is 13.6. The van der Waals surface area contributed by atoms with Crippen LogP contribution in [0.2, 0.25) is 5.02 Å². The van der Waals surface area contributed by atoms with Gasteiger partial charge in [-0.1, -0.05) is 35.9 Å². The van der Waals surface area contributed by atoms with Crippen molar-refractivity contribution in [1.29, 1.82) is 0 Å². The summed E-state index contributed by atoms with van der Waals surface area (Å²) in [6.45, 7) is 2.39. The van der Waals surface area contributed by atoms with E-state index in [1.54, 1.807) is 18.2 Å². The Labute approximate surface area is 142 Å². The monoisotopic (exact) mass is 356 g/mol. The lowest BCUT2D eigenvalue weighted by Gasteiger charge is -2.15. The number of halogens is 4. The van der Waals surface area contributed by atoms with Gasteiger partial charge in [-0.05, 0) is 42.3 Å². The summed E-state index contributed by atoms with van der Waals surface area (Å²) in [5, 5.41) is 5.74. The van der Waals surface area contributed by atoms with Crippen LogP contribution in [-0.4, -0.2) is 12.1 Å². The highest BCUT2D eigenvalue weighted by atomic mass is 35.5. The first-order valence-electron chi connectivity index (χ1n) is 7.21. The molecule has 2 rings (SSSR count). The van der Waals surface area contributed by atoms with Gasteiger partial charge in [0.15, 0.2) is 0 Å². The second kappa shape index (κ2) is 7.68. The van der Waals surface area contributed by atoms with Gasteiger partial charge in [-0.15, -0.1) is 0 Å². The van der Waals surface area contributed by atoms with Crippen LogP contribution in [0, 0.1) is 0 Å². The average Bonchev–Trinajstić information content (AvgIpc) is 2.52. The second-order valence-corrected chi connectivity index (χ2v) is 5.75. The van der Waals surface area contributed by atoms with Crippen molar-refractivity contribution < 1.29 is 18.0 Å². The normalized spacial score (nSPS) is 12.7. The molecule has 0 unspecified atom stereocenters. The quantitative estimate of drug-likeness (QED) is 0.816. The summed E-state index contributed by atoms with van der Waals surface area (Å²) in [6.07, 6.45) is -4.91. The van der Waals surface area contributed by atoms with E-state index >= 15 is 0 Å². The minimum atomic E-state index is -4.91. The maximum absolute atomic E-state index is 12.3. The molecule has 3 nitrogen and oxygen atoms in total. The summed E-state index contributed by atoms with van der Waals surface area (Å²) in [6, 6.07) is 13.7. The zero-order chi connectivity index (χ0) is 17.7. The number of benzene rings is 2. The van der Waals surface area contributed by atoms with Crippen molar-refractivity contribution in [1.82, 2.24) is 5.32 Å². The molecule has 1 amide bonds. The van der Waals surface area contributed by atoms with E-state index in [9.17, 15) is 18.0 Å². The predicted molar refractivity (Wildman–Crippen MR) is 87.8 cm³/mol. The van der Waals surface area contributed by atoms with Gasteiger partial charge in [0.05, 0.1) is 0 Å². The highest BCUT2D eigenvalue weighted by molar-refractivity contribution is 6.30. The third kappa shape index (κ3) is 5.25. The van der Waals surface area contributed by atoms with Gasteiger partial charge in [0.25, 0.3) is 0 Å². The van der Waals surface area contributed by atoms with E-state index in [0.29, 0.717) is 11.6 Å². The van der Waals surface area contributed by atoms with Gasteiger partial charge in [-0.3, -0.25) is 4.79 Å². The van der Waals surface area contributed by atoms with Crippen LogP contribution in [0.1, 0.15) is 24.1 Å². The molecule has 2 aromatic carbocycles. The molecule has 0 saturated heterocycles. The van der Waals surface area contributed by atoms with Crippen molar-refractivity contribution in [2.45, 2.75) is 25.7 Å². The number of carbonyl (C=O) groups is 1. The van der Waals surface area contributed by atoms with Gasteiger partial charge >= 0.3 is 12.1 Å². The van der Waals surface area contributed by atoms with Crippen LogP contribution in [0.4, 0.5) is 18.9 Å². The smallest absolute Gasteiger partial charge is 0.318 e. The van der Waals surface area contributed by atoms with Crippen LogP contribution >= 0.6 is 11.6 Å². The Kier molecular flexibility index (Phi) is 5.85. The molecular weight excluding hydrogens is 341 g/mol. The molecule has 1 atom stereocenters. The fourth-order valence-electron chi connectivity index (χ4n) is 2.13. The molecule has 0 fully saturated rings. The van der Waals surface area contributed by atoms with Crippen LogP contribution in [0.5, 0.6) is 0 Å². The van der Waals surface area contributed by atoms with Gasteiger partial charge < -0.3 is 10.6 Å². The molecular formula is C17H16ClF3N2O. The molecule has 0 aliphatic heterocycles. The number of hydrogen-bond donors (Lipinski definition) is 2. The summed E-state index contributed by atoms with van der Waals surface area (Å²) in [7, 11) is 0. The molecule has 24 heavy (non-hydrogen) atoms. The predicted octanol–water partition coefficient (Wildman–Crippen LogP) is 4.69. The van der Waals surface area contributed by atoms with E-state index in [-0.39, 0.29) is 11.7 Å². The highest BCUT2D eigenvalue weighted by Gasteiger charge is 2.38. The Morgan fingerprint density at radius 1 is 1.17 bits per heavy atom. The van der Waals surface area contributed by atoms with E-state index in [4.69, 9.17) is 11.6 Å². The number of anilines is 1. The Balaban J connectivity index is 1.98. The van der Waals surface area contributed by atoms with Crippen LogP contribution in [0.15, 0.2) is 48.5 Å². The first kappa shape index (κ1) is 18.3. The van der Waals surface area contributed by atoms with Gasteiger partial charge in [0.1, 0.15) is 0 Å². The Hall–Kier alpha value is -2.05. The second-order valence-electron chi connectivity index (χ2n) is 5.31. The number of carbonyl (C=O) groups excluding carboxylic acids is 1. The van der Waals surface area contributed by atoms with E-state index in [1.807, 2.05) is 30.4 Å². The zero-order valence-electron chi connectivity index (χ0n) is 12.8. The highest BCUT2D eigenvalue weighted by Crippen LogP contribution is 2.20. The molecule has 0 aliphatic rings. The summed E-state index contributed by atoms with van der Waals surface area (Å²) in [5.74, 6) is -1.99. The molecule has 0 spiro atoms. The fraction of sp³-hybridized carbons (Fsp3) is 0.235. The molecule has 0 aliphatic carbocycles. The van der Waals surface area contributed by atoms with E-state index in [0.717, 1.165) is 11.1 Å². The van der Waals surface area contributed by atoms with Crippen molar-refractivity contribution in [3.8, 4) is 0 Å². The van der Waals surface area contributed by atoms with Crippen LogP contribution in [0.3, 0.4) is 0 Å². The van der Waals surface area contributed by atoms with Crippen LogP contribution in [0.25, 0.3) is 0 Å². The first-order chi connectivity index (χ1) is 11.3. The minimum Gasteiger partial charge on any atom is -0.318 e. The van der Waals surface area contributed by atoms with Crippen molar-refractivity contribution >= 4 is 23.2 Å². The summed E-state index contributed by atoms with van der Waals surface area (Å²) in [5.41, 5.74) is 1.86. The fourth-order valence-corrected chi connectivity index (χ4v) is 2.32. The number of alkyl halides is 3. The Morgan fingerprint density at radius 2 is 1.88 bits per heavy atom. The largest absolute Gasteiger partial charge is 0.471 e. The van der Waals surface area contributed by atoms with Gasteiger partial charge in [-0.2, -0.15) is 13.2 Å². The molecule has 2 N–H and O–H groups in total. The van der Waals surface area contributed by atoms with Crippen molar-refractivity contribution in [2.75, 3.05) is 5.32 Å². The van der Waals surface area contributed by atoms with Crippen molar-refractivity contribution in [3.05, 3.63) is 64.7 Å². The molecule has 7 heteroatoms. The molecule has 0 radical (unpaired) electrons. The molecule has 128 valence electrons. The minimum absolute atomic E-state index is 0.0112. The number of nitrogens with one attached hydrogen (secondary N) is 2. The average molecular weight is 357 g/mol. The van der Waals surface area contributed by atoms with Gasteiger partial charge in [0, 0.05) is 23.3 Å². The maximum Gasteiger partial charge on any atom is 0.471 e. The molecule has 0 aromatic heterocycles. The number of amides is 1. The van der Waals surface area contributed by atoms with Crippen LogP contribution in [-0.2, 0) is 11.3 Å². The lowest BCUT2D eigenvalue weighted by Crippen LogP contribution is -2.30. The molecule has 0 heterocycles. The number of hydrogen-bond acceptors (Lipinski definition) is 2. The lowest BCUT2D eigenvalue weighted by atomic mass is 10.1. The van der Waals surface area contributed by atoms with E-state index in [1.165, 1.54) is 12.1 Å². The number of rotatable bonds is 5. The van der Waals surface area contributed by atoms with Gasteiger partial charge in [0.2, 0.25) is 0 Å². The van der Waals surface area contributed by atoms with Gasteiger partial charge in [-0.25, -0.2) is 0 Å². The topological polar surface area (TPSA) is 41.1 Å². The van der Waals surface area contributed by atoms with Crippen molar-refractivity contribution in [2.24, 2.45) is 0 Å². The first-order valence-corrected chi connectivity index (χ1v) is 7.59. The van der Waals surface area contributed by atoms with E-state index < -0.39 is 12.1 Å². The standard InChI is InChI=1S/C17H16ClF3N2O/c1-11(13-5-3-6-14(18)9-13)22-10-12-4-2-7-15(8-12)23-16(24)17(19,20)21/h2-9,11,22H,10H2,1H3,(H,23,24)/t11-/m0/s1. The van der Waals surface area contributed by atoms with Crippen LogP contribution < -0.4 is 10.6 Å². The Bertz CT molecular complexity index is 719.